The van der Waals surface area contributed by atoms with Gasteiger partial charge in [-0.05, 0) is 12.3 Å². The van der Waals surface area contributed by atoms with Crippen LogP contribution in [0.15, 0.2) is 0 Å². The maximum atomic E-state index is 8.99. The zero-order chi connectivity index (χ0) is 8.81. The van der Waals surface area contributed by atoms with Crippen LogP contribution >= 0.6 is 0 Å². The maximum absolute atomic E-state index is 8.99. The average Bonchev–Trinajstić information content (AvgIpc) is 2.57. The molecular formula is C8H17NO3. The van der Waals surface area contributed by atoms with Crippen LogP contribution in [0.5, 0.6) is 0 Å². The summed E-state index contributed by atoms with van der Waals surface area (Å²) in [6.07, 6.45) is 0.467. The first-order valence-electron chi connectivity index (χ1n) is 4.40. The van der Waals surface area contributed by atoms with Gasteiger partial charge in [0.1, 0.15) is 0 Å². The molecular weight excluding hydrogens is 158 g/mol. The van der Waals surface area contributed by atoms with Gasteiger partial charge >= 0.3 is 0 Å². The lowest BCUT2D eigenvalue weighted by Crippen LogP contribution is -2.32. The average molecular weight is 175 g/mol. The molecule has 0 aromatic rings. The molecule has 2 atom stereocenters. The molecule has 1 aliphatic rings. The van der Waals surface area contributed by atoms with Gasteiger partial charge in [0.25, 0.3) is 0 Å². The van der Waals surface area contributed by atoms with Gasteiger partial charge in [0.2, 0.25) is 0 Å². The molecule has 1 aliphatic heterocycles. The quantitative estimate of drug-likeness (QED) is 0.500. The molecule has 4 nitrogen and oxygen atoms in total. The monoisotopic (exact) mass is 175 g/mol. The predicted molar refractivity (Wildman–Crippen MR) is 44.9 cm³/mol. The number of nitrogens with one attached hydrogen (secondary N) is 1. The number of aliphatic hydroxyl groups excluding tert-OH is 2. The highest BCUT2D eigenvalue weighted by Gasteiger charge is 2.14. The largest absolute Gasteiger partial charge is 0.394 e. The Morgan fingerprint density at radius 1 is 1.58 bits per heavy atom. The number of hydrogen-bond acceptors (Lipinski definition) is 4. The Morgan fingerprint density at radius 2 is 2.42 bits per heavy atom. The van der Waals surface area contributed by atoms with E-state index in [9.17, 15) is 0 Å². The molecule has 0 aromatic heterocycles. The van der Waals surface area contributed by atoms with Gasteiger partial charge in [0, 0.05) is 19.7 Å². The van der Waals surface area contributed by atoms with Crippen molar-refractivity contribution in [2.24, 2.45) is 5.92 Å². The van der Waals surface area contributed by atoms with E-state index in [4.69, 9.17) is 14.9 Å². The summed E-state index contributed by atoms with van der Waals surface area (Å²) in [6, 6.07) is 0. The van der Waals surface area contributed by atoms with Gasteiger partial charge in [-0.2, -0.15) is 0 Å². The van der Waals surface area contributed by atoms with E-state index in [-0.39, 0.29) is 6.61 Å². The van der Waals surface area contributed by atoms with Crippen molar-refractivity contribution in [1.82, 2.24) is 5.32 Å². The fraction of sp³-hybridized carbons (Fsp3) is 1.00. The van der Waals surface area contributed by atoms with Crippen LogP contribution in [0, 0.1) is 5.92 Å². The van der Waals surface area contributed by atoms with Crippen molar-refractivity contribution in [3.63, 3.8) is 0 Å². The molecule has 0 amide bonds. The summed E-state index contributed by atoms with van der Waals surface area (Å²) in [7, 11) is 0. The van der Waals surface area contributed by atoms with Crippen molar-refractivity contribution in [2.45, 2.75) is 12.5 Å². The second kappa shape index (κ2) is 5.48. The van der Waals surface area contributed by atoms with Crippen molar-refractivity contribution < 1.29 is 14.9 Å². The van der Waals surface area contributed by atoms with E-state index >= 15 is 0 Å². The fourth-order valence-corrected chi connectivity index (χ4v) is 1.26. The molecule has 1 unspecified atom stereocenters. The van der Waals surface area contributed by atoms with E-state index in [0.29, 0.717) is 12.5 Å². The SMILES string of the molecule is OC[C@@H](O)CNCC1CCOC1. The van der Waals surface area contributed by atoms with E-state index < -0.39 is 6.10 Å². The second-order valence-electron chi connectivity index (χ2n) is 3.22. The van der Waals surface area contributed by atoms with Crippen LogP contribution in [0.3, 0.4) is 0 Å². The lowest BCUT2D eigenvalue weighted by Gasteiger charge is -2.11. The normalized spacial score (nSPS) is 26.0. The summed E-state index contributed by atoms with van der Waals surface area (Å²) in [5.74, 6) is 0.580. The minimum atomic E-state index is -0.632. The molecule has 0 bridgehead atoms. The molecule has 0 saturated carbocycles. The van der Waals surface area contributed by atoms with Crippen molar-refractivity contribution >= 4 is 0 Å². The minimum absolute atomic E-state index is 0.172. The smallest absolute Gasteiger partial charge is 0.0894 e. The van der Waals surface area contributed by atoms with Gasteiger partial charge in [-0.1, -0.05) is 0 Å². The molecule has 1 saturated heterocycles. The van der Waals surface area contributed by atoms with Crippen LogP contribution in [0.4, 0.5) is 0 Å². The van der Waals surface area contributed by atoms with Gasteiger partial charge in [0.05, 0.1) is 19.3 Å². The molecule has 72 valence electrons. The number of ether oxygens (including phenoxy) is 1. The summed E-state index contributed by atoms with van der Waals surface area (Å²) < 4.78 is 5.19. The third-order valence-corrected chi connectivity index (χ3v) is 2.05. The molecule has 4 heteroatoms. The van der Waals surface area contributed by atoms with E-state index in [2.05, 4.69) is 5.32 Å². The van der Waals surface area contributed by atoms with Crippen molar-refractivity contribution in [2.75, 3.05) is 32.9 Å². The molecule has 3 N–H and O–H groups in total. The number of hydrogen-bond donors (Lipinski definition) is 3. The zero-order valence-electron chi connectivity index (χ0n) is 7.20. The Balaban J connectivity index is 1.94. The lowest BCUT2D eigenvalue weighted by atomic mass is 10.1. The van der Waals surface area contributed by atoms with E-state index in [1.165, 1.54) is 0 Å². The summed E-state index contributed by atoms with van der Waals surface area (Å²) in [5, 5.41) is 20.6. The van der Waals surface area contributed by atoms with Crippen LogP contribution in [-0.2, 0) is 4.74 Å². The molecule has 0 radical (unpaired) electrons. The van der Waals surface area contributed by atoms with E-state index in [1.807, 2.05) is 0 Å². The molecule has 12 heavy (non-hydrogen) atoms. The van der Waals surface area contributed by atoms with Gasteiger partial charge < -0.3 is 20.3 Å². The summed E-state index contributed by atoms with van der Waals surface area (Å²) in [6.45, 7) is 2.84. The number of aliphatic hydroxyl groups is 2. The molecule has 0 aliphatic carbocycles. The van der Waals surface area contributed by atoms with Gasteiger partial charge in [0.15, 0.2) is 0 Å². The fourth-order valence-electron chi connectivity index (χ4n) is 1.26. The van der Waals surface area contributed by atoms with Crippen LogP contribution in [-0.4, -0.2) is 49.2 Å². The summed E-state index contributed by atoms with van der Waals surface area (Å²) in [4.78, 5) is 0. The van der Waals surface area contributed by atoms with Crippen molar-refractivity contribution in [1.29, 1.82) is 0 Å². The molecule has 1 rings (SSSR count). The highest BCUT2D eigenvalue weighted by Crippen LogP contribution is 2.10. The first-order chi connectivity index (χ1) is 5.83. The topological polar surface area (TPSA) is 61.7 Å². The summed E-state index contributed by atoms with van der Waals surface area (Å²) >= 11 is 0. The molecule has 1 fully saturated rings. The Bertz CT molecular complexity index is 115. The van der Waals surface area contributed by atoms with Crippen LogP contribution in [0.25, 0.3) is 0 Å². The van der Waals surface area contributed by atoms with Gasteiger partial charge in [-0.3, -0.25) is 0 Å². The lowest BCUT2D eigenvalue weighted by molar-refractivity contribution is 0.0932. The first-order valence-corrected chi connectivity index (χ1v) is 4.40. The van der Waals surface area contributed by atoms with Crippen molar-refractivity contribution in [3.05, 3.63) is 0 Å². The van der Waals surface area contributed by atoms with E-state index in [0.717, 1.165) is 26.2 Å². The zero-order valence-corrected chi connectivity index (χ0v) is 7.20. The standard InChI is InChI=1S/C8H17NO3/c10-5-8(11)4-9-3-7-1-2-12-6-7/h7-11H,1-6H2/t7?,8-/m0/s1. The number of rotatable bonds is 5. The highest BCUT2D eigenvalue weighted by molar-refractivity contribution is 4.67. The van der Waals surface area contributed by atoms with Gasteiger partial charge in [-0.15, -0.1) is 0 Å². The molecule has 0 spiro atoms. The van der Waals surface area contributed by atoms with Crippen LogP contribution < -0.4 is 5.32 Å². The van der Waals surface area contributed by atoms with Gasteiger partial charge in [-0.25, -0.2) is 0 Å². The third-order valence-electron chi connectivity index (χ3n) is 2.05. The summed E-state index contributed by atoms with van der Waals surface area (Å²) in [5.41, 5.74) is 0. The Morgan fingerprint density at radius 3 is 3.00 bits per heavy atom. The predicted octanol–water partition coefficient (Wildman–Crippen LogP) is -1.03. The molecule has 0 aromatic carbocycles. The van der Waals surface area contributed by atoms with Crippen LogP contribution in [0.1, 0.15) is 6.42 Å². The Kier molecular flexibility index (Phi) is 4.53. The second-order valence-corrected chi connectivity index (χ2v) is 3.22. The highest BCUT2D eigenvalue weighted by atomic mass is 16.5. The third kappa shape index (κ3) is 3.49. The van der Waals surface area contributed by atoms with E-state index in [1.54, 1.807) is 0 Å². The first kappa shape index (κ1) is 9.92. The Labute approximate surface area is 72.5 Å². The minimum Gasteiger partial charge on any atom is -0.394 e. The maximum Gasteiger partial charge on any atom is 0.0894 e. The Hall–Kier alpha value is -0.160. The van der Waals surface area contributed by atoms with Crippen molar-refractivity contribution in [3.8, 4) is 0 Å². The van der Waals surface area contributed by atoms with Crippen LogP contribution in [0.2, 0.25) is 0 Å². The molecule has 1 heterocycles.